The van der Waals surface area contributed by atoms with E-state index >= 15 is 0 Å². The second kappa shape index (κ2) is 4.95. The minimum atomic E-state index is 0.0877. The highest BCUT2D eigenvalue weighted by atomic mass is 32.2. The molecule has 1 rings (SSSR count). The number of rotatable bonds is 3. The molecular weight excluding hydrogens is 220 g/mol. The molecule has 0 saturated carbocycles. The lowest BCUT2D eigenvalue weighted by Gasteiger charge is -2.18. The topological polar surface area (TPSA) is 48.1 Å². The Morgan fingerprint density at radius 2 is 1.94 bits per heavy atom. The van der Waals surface area contributed by atoms with Crippen LogP contribution in [0.3, 0.4) is 0 Å². The maximum Gasteiger partial charge on any atom is 0.238 e. The fourth-order valence-corrected chi connectivity index (χ4v) is 2.01. The second-order valence-electron chi connectivity index (χ2n) is 4.92. The third-order valence-electron chi connectivity index (χ3n) is 1.62. The summed E-state index contributed by atoms with van der Waals surface area (Å²) in [5.41, 5.74) is 6.39. The molecule has 0 aliphatic rings. The van der Waals surface area contributed by atoms with Crippen LogP contribution in [-0.2, 0) is 0 Å². The van der Waals surface area contributed by atoms with Crippen LogP contribution in [-0.4, -0.2) is 15.8 Å². The minimum absolute atomic E-state index is 0.0877. The van der Waals surface area contributed by atoms with Crippen molar-refractivity contribution in [1.29, 1.82) is 0 Å². The lowest BCUT2D eigenvalue weighted by atomic mass is 10.3. The number of ether oxygens (including phenoxy) is 1. The number of pyridine rings is 1. The van der Waals surface area contributed by atoms with Crippen LogP contribution in [0.2, 0.25) is 0 Å². The molecule has 16 heavy (non-hydrogen) atoms. The van der Waals surface area contributed by atoms with Crippen molar-refractivity contribution in [3.05, 3.63) is 12.1 Å². The number of nitrogens with two attached hydrogens (primary N) is 1. The van der Waals surface area contributed by atoms with Gasteiger partial charge in [0.1, 0.15) is 5.03 Å². The van der Waals surface area contributed by atoms with Gasteiger partial charge in [-0.05, 0) is 26.0 Å². The van der Waals surface area contributed by atoms with Crippen molar-refractivity contribution in [3.63, 3.8) is 0 Å². The Balaban J connectivity index is 2.89. The zero-order chi connectivity index (χ0) is 12.3. The van der Waals surface area contributed by atoms with E-state index in [1.807, 2.05) is 26.0 Å². The SMILES string of the molecule is CC(C)Oc1nc(SC(C)(C)C)ccc1N. The molecule has 0 unspecified atom stereocenters. The fraction of sp³-hybridized carbons (Fsp3) is 0.583. The van der Waals surface area contributed by atoms with Crippen molar-refractivity contribution in [2.24, 2.45) is 0 Å². The van der Waals surface area contributed by atoms with Crippen LogP contribution in [0.25, 0.3) is 0 Å². The third kappa shape index (κ3) is 4.31. The smallest absolute Gasteiger partial charge is 0.238 e. The molecule has 0 aromatic carbocycles. The van der Waals surface area contributed by atoms with E-state index in [4.69, 9.17) is 10.5 Å². The molecule has 1 aromatic heterocycles. The molecule has 0 fully saturated rings. The Morgan fingerprint density at radius 3 is 2.44 bits per heavy atom. The molecule has 2 N–H and O–H groups in total. The van der Waals surface area contributed by atoms with Gasteiger partial charge in [-0.2, -0.15) is 0 Å². The van der Waals surface area contributed by atoms with Gasteiger partial charge in [0.05, 0.1) is 11.8 Å². The highest BCUT2D eigenvalue weighted by molar-refractivity contribution is 8.00. The van der Waals surface area contributed by atoms with Crippen molar-refractivity contribution in [1.82, 2.24) is 4.98 Å². The zero-order valence-electron chi connectivity index (χ0n) is 10.6. The fourth-order valence-electron chi connectivity index (χ4n) is 1.12. The van der Waals surface area contributed by atoms with E-state index in [0.29, 0.717) is 11.6 Å². The minimum Gasteiger partial charge on any atom is -0.473 e. The van der Waals surface area contributed by atoms with Crippen LogP contribution in [0.1, 0.15) is 34.6 Å². The maximum absolute atomic E-state index is 5.80. The Morgan fingerprint density at radius 1 is 1.31 bits per heavy atom. The van der Waals surface area contributed by atoms with E-state index in [-0.39, 0.29) is 10.9 Å². The molecule has 3 nitrogen and oxygen atoms in total. The first-order valence-corrected chi connectivity index (χ1v) is 6.22. The number of nitrogens with zero attached hydrogens (tertiary/aromatic N) is 1. The lowest BCUT2D eigenvalue weighted by Crippen LogP contribution is -2.11. The van der Waals surface area contributed by atoms with Crippen molar-refractivity contribution in [2.45, 2.75) is 50.5 Å². The second-order valence-corrected chi connectivity index (χ2v) is 6.77. The molecule has 0 saturated heterocycles. The van der Waals surface area contributed by atoms with Crippen LogP contribution in [0, 0.1) is 0 Å². The van der Waals surface area contributed by atoms with E-state index in [0.717, 1.165) is 5.03 Å². The molecule has 1 aromatic rings. The van der Waals surface area contributed by atoms with Gasteiger partial charge in [0.25, 0.3) is 0 Å². The van der Waals surface area contributed by atoms with E-state index in [9.17, 15) is 0 Å². The van der Waals surface area contributed by atoms with Gasteiger partial charge in [-0.1, -0.05) is 20.8 Å². The highest BCUT2D eigenvalue weighted by Gasteiger charge is 2.14. The number of hydrogen-bond acceptors (Lipinski definition) is 4. The number of thioether (sulfide) groups is 1. The van der Waals surface area contributed by atoms with Crippen LogP contribution in [0.5, 0.6) is 5.88 Å². The number of aromatic nitrogens is 1. The van der Waals surface area contributed by atoms with Crippen LogP contribution in [0.4, 0.5) is 5.69 Å². The van der Waals surface area contributed by atoms with Crippen molar-refractivity contribution >= 4 is 17.4 Å². The molecule has 90 valence electrons. The normalized spacial score (nSPS) is 11.9. The van der Waals surface area contributed by atoms with Gasteiger partial charge in [-0.15, -0.1) is 11.8 Å². The number of anilines is 1. The van der Waals surface area contributed by atoms with Gasteiger partial charge in [0.15, 0.2) is 0 Å². The molecular formula is C12H20N2OS. The Labute approximate surface area is 102 Å². The summed E-state index contributed by atoms with van der Waals surface area (Å²) in [5.74, 6) is 0.532. The molecule has 0 atom stereocenters. The summed E-state index contributed by atoms with van der Waals surface area (Å²) in [6.45, 7) is 10.4. The molecule has 0 radical (unpaired) electrons. The van der Waals surface area contributed by atoms with Crippen LogP contribution in [0.15, 0.2) is 17.2 Å². The van der Waals surface area contributed by atoms with Crippen molar-refractivity contribution in [3.8, 4) is 5.88 Å². The largest absolute Gasteiger partial charge is 0.473 e. The first-order chi connectivity index (χ1) is 7.28. The summed E-state index contributed by atoms with van der Waals surface area (Å²) >= 11 is 1.70. The molecule has 1 heterocycles. The molecule has 0 aliphatic heterocycles. The third-order valence-corrected chi connectivity index (χ3v) is 2.67. The van der Waals surface area contributed by atoms with Gasteiger partial charge in [-0.3, -0.25) is 0 Å². The number of hydrogen-bond donors (Lipinski definition) is 1. The quantitative estimate of drug-likeness (QED) is 0.823. The molecule has 4 heteroatoms. The van der Waals surface area contributed by atoms with Gasteiger partial charge in [0, 0.05) is 4.75 Å². The lowest BCUT2D eigenvalue weighted by molar-refractivity contribution is 0.232. The summed E-state index contributed by atoms with van der Waals surface area (Å²) in [7, 11) is 0. The van der Waals surface area contributed by atoms with E-state index in [1.165, 1.54) is 0 Å². The van der Waals surface area contributed by atoms with Gasteiger partial charge < -0.3 is 10.5 Å². The molecule has 0 bridgehead atoms. The first kappa shape index (κ1) is 13.2. The van der Waals surface area contributed by atoms with Crippen molar-refractivity contribution < 1.29 is 4.74 Å². The Hall–Kier alpha value is -0.900. The standard InChI is InChI=1S/C12H20N2OS/c1-8(2)15-11-9(13)6-7-10(14-11)16-12(3,4)5/h6-8H,13H2,1-5H3. The Kier molecular flexibility index (Phi) is 4.08. The first-order valence-electron chi connectivity index (χ1n) is 5.40. The summed E-state index contributed by atoms with van der Waals surface area (Å²) < 4.78 is 5.69. The predicted molar refractivity (Wildman–Crippen MR) is 70.0 cm³/mol. The average Bonchev–Trinajstić information content (AvgIpc) is 2.07. The maximum atomic E-state index is 5.80. The predicted octanol–water partition coefficient (Wildman–Crippen LogP) is 3.34. The van der Waals surface area contributed by atoms with E-state index in [2.05, 4.69) is 25.8 Å². The number of nitrogen functional groups attached to an aromatic ring is 1. The highest BCUT2D eigenvalue weighted by Crippen LogP contribution is 2.33. The summed E-state index contributed by atoms with van der Waals surface area (Å²) in [5, 5.41) is 0.942. The monoisotopic (exact) mass is 240 g/mol. The molecule has 0 amide bonds. The van der Waals surface area contributed by atoms with Crippen LogP contribution < -0.4 is 10.5 Å². The summed E-state index contributed by atoms with van der Waals surface area (Å²) in [6, 6.07) is 3.78. The molecule has 0 aliphatic carbocycles. The van der Waals surface area contributed by atoms with E-state index < -0.39 is 0 Å². The van der Waals surface area contributed by atoms with Gasteiger partial charge in [-0.25, -0.2) is 4.98 Å². The van der Waals surface area contributed by atoms with Gasteiger partial charge >= 0.3 is 0 Å². The van der Waals surface area contributed by atoms with Gasteiger partial charge in [0.2, 0.25) is 5.88 Å². The Bertz CT molecular complexity index is 359. The van der Waals surface area contributed by atoms with Crippen molar-refractivity contribution in [2.75, 3.05) is 5.73 Å². The summed E-state index contributed by atoms with van der Waals surface area (Å²) in [4.78, 5) is 4.41. The summed E-state index contributed by atoms with van der Waals surface area (Å²) in [6.07, 6.45) is 0.0877. The average molecular weight is 240 g/mol. The van der Waals surface area contributed by atoms with E-state index in [1.54, 1.807) is 11.8 Å². The van der Waals surface area contributed by atoms with Crippen LogP contribution >= 0.6 is 11.8 Å². The zero-order valence-corrected chi connectivity index (χ0v) is 11.4. The molecule has 0 spiro atoms.